The fraction of sp³-hybridized carbons (Fsp3) is 0.333. The Morgan fingerprint density at radius 3 is 2.70 bits per heavy atom. The smallest absolute Gasteiger partial charge is 0.336 e. The lowest BCUT2D eigenvalue weighted by Gasteiger charge is -2.14. The Labute approximate surface area is 131 Å². The predicted molar refractivity (Wildman–Crippen MR) is 80.7 cm³/mol. The number of carboxylic acids is 1. The highest BCUT2D eigenvalue weighted by Gasteiger charge is 2.21. The molecule has 2 N–H and O–H groups in total. The Balaban J connectivity index is 3.13. The minimum absolute atomic E-state index is 0.0614. The van der Waals surface area contributed by atoms with Crippen LogP contribution in [0.25, 0.3) is 0 Å². The molecule has 0 aliphatic carbocycles. The maximum absolute atomic E-state index is 12.1. The second kappa shape index (κ2) is 7.01. The summed E-state index contributed by atoms with van der Waals surface area (Å²) < 4.78 is 27.1. The first-order valence-electron chi connectivity index (χ1n) is 5.74. The lowest BCUT2D eigenvalue weighted by Crippen LogP contribution is -2.34. The van der Waals surface area contributed by atoms with Crippen molar-refractivity contribution in [2.45, 2.75) is 30.7 Å². The van der Waals surface area contributed by atoms with Crippen molar-refractivity contribution in [2.75, 3.05) is 0 Å². The molecule has 0 aliphatic rings. The average Bonchev–Trinajstić information content (AvgIpc) is 2.37. The van der Waals surface area contributed by atoms with E-state index >= 15 is 0 Å². The Kier molecular flexibility index (Phi) is 5.91. The van der Waals surface area contributed by atoms with E-state index in [1.807, 2.05) is 28.7 Å². The van der Waals surface area contributed by atoms with Gasteiger partial charge in [0.05, 0.1) is 22.9 Å². The van der Waals surface area contributed by atoms with Gasteiger partial charge in [0.25, 0.3) is 0 Å². The molecular weight excluding hydrogens is 395 g/mol. The van der Waals surface area contributed by atoms with Crippen LogP contribution in [0.3, 0.4) is 0 Å². The molecule has 0 saturated carbocycles. The fourth-order valence-corrected chi connectivity index (χ4v) is 3.41. The van der Waals surface area contributed by atoms with Gasteiger partial charge in [-0.2, -0.15) is 5.26 Å². The number of aromatic carboxylic acids is 1. The van der Waals surface area contributed by atoms with Crippen LogP contribution >= 0.6 is 22.6 Å². The molecule has 0 amide bonds. The first kappa shape index (κ1) is 16.9. The first-order valence-corrected chi connectivity index (χ1v) is 8.30. The van der Waals surface area contributed by atoms with E-state index in [4.69, 9.17) is 10.4 Å². The van der Waals surface area contributed by atoms with Crippen LogP contribution in [-0.4, -0.2) is 25.5 Å². The first-order chi connectivity index (χ1) is 9.31. The number of carbonyl (C=O) groups is 1. The number of benzene rings is 1. The van der Waals surface area contributed by atoms with Crippen LogP contribution in [0.2, 0.25) is 0 Å². The monoisotopic (exact) mass is 408 g/mol. The van der Waals surface area contributed by atoms with Crippen molar-refractivity contribution in [1.29, 1.82) is 5.26 Å². The highest BCUT2D eigenvalue weighted by atomic mass is 127. The van der Waals surface area contributed by atoms with Crippen LogP contribution in [0.15, 0.2) is 23.1 Å². The van der Waals surface area contributed by atoms with E-state index < -0.39 is 22.0 Å². The molecule has 1 aromatic carbocycles. The molecule has 1 rings (SSSR count). The normalized spacial score (nSPS) is 12.7. The fourth-order valence-electron chi connectivity index (χ4n) is 1.50. The number of nitriles is 1. The van der Waals surface area contributed by atoms with Crippen molar-refractivity contribution in [3.8, 4) is 6.07 Å². The van der Waals surface area contributed by atoms with E-state index in [1.54, 1.807) is 6.92 Å². The van der Waals surface area contributed by atoms with Gasteiger partial charge in [0.1, 0.15) is 0 Å². The lowest BCUT2D eigenvalue weighted by atomic mass is 10.2. The number of halogens is 1. The van der Waals surface area contributed by atoms with E-state index in [1.165, 1.54) is 12.1 Å². The van der Waals surface area contributed by atoms with Gasteiger partial charge in [-0.3, -0.25) is 0 Å². The van der Waals surface area contributed by atoms with Crippen LogP contribution in [0, 0.1) is 14.9 Å². The Bertz CT molecular complexity index is 652. The van der Waals surface area contributed by atoms with Gasteiger partial charge in [-0.25, -0.2) is 17.9 Å². The van der Waals surface area contributed by atoms with Gasteiger partial charge in [-0.05, 0) is 47.2 Å². The Morgan fingerprint density at radius 1 is 1.55 bits per heavy atom. The number of carboxylic acid groups (broad SMARTS) is 1. The summed E-state index contributed by atoms with van der Waals surface area (Å²) in [6, 6.07) is 5.31. The maximum atomic E-state index is 12.1. The quantitative estimate of drug-likeness (QED) is 0.700. The van der Waals surface area contributed by atoms with Gasteiger partial charge in [-0.1, -0.05) is 6.92 Å². The van der Waals surface area contributed by atoms with E-state index in [9.17, 15) is 13.2 Å². The van der Waals surface area contributed by atoms with Gasteiger partial charge in [-0.15, -0.1) is 0 Å². The second-order valence-electron chi connectivity index (χ2n) is 4.04. The standard InChI is InChI=1S/C12H13IN2O4S/c1-2-8(5-6-14)15-20(18,19)9-3-4-11(13)10(7-9)12(16)17/h3-4,7-8,15H,2,5H2,1H3,(H,16,17). The second-order valence-corrected chi connectivity index (χ2v) is 6.91. The molecule has 108 valence electrons. The number of sulfonamides is 1. The largest absolute Gasteiger partial charge is 0.478 e. The van der Waals surface area contributed by atoms with Gasteiger partial charge < -0.3 is 5.11 Å². The van der Waals surface area contributed by atoms with E-state index in [-0.39, 0.29) is 16.9 Å². The summed E-state index contributed by atoms with van der Waals surface area (Å²) in [5, 5.41) is 17.6. The van der Waals surface area contributed by atoms with E-state index in [0.717, 1.165) is 6.07 Å². The molecule has 0 aromatic heterocycles. The number of nitrogens with zero attached hydrogens (tertiary/aromatic N) is 1. The average molecular weight is 408 g/mol. The zero-order chi connectivity index (χ0) is 15.3. The summed E-state index contributed by atoms with van der Waals surface area (Å²) in [5.41, 5.74) is -0.0678. The SMILES string of the molecule is CCC(CC#N)NS(=O)(=O)c1ccc(I)c(C(=O)O)c1. The van der Waals surface area contributed by atoms with E-state index in [2.05, 4.69) is 4.72 Å². The molecule has 1 unspecified atom stereocenters. The molecule has 0 fully saturated rings. The van der Waals surface area contributed by atoms with Crippen molar-refractivity contribution >= 4 is 38.6 Å². The van der Waals surface area contributed by atoms with Crippen LogP contribution in [0.1, 0.15) is 30.1 Å². The van der Waals surface area contributed by atoms with Crippen LogP contribution in [-0.2, 0) is 10.0 Å². The molecule has 6 nitrogen and oxygen atoms in total. The molecule has 0 heterocycles. The molecule has 0 saturated heterocycles. The molecule has 0 radical (unpaired) electrons. The molecule has 0 aliphatic heterocycles. The summed E-state index contributed by atoms with van der Waals surface area (Å²) in [5.74, 6) is -1.18. The topological polar surface area (TPSA) is 107 Å². The summed E-state index contributed by atoms with van der Waals surface area (Å²) in [7, 11) is -3.83. The maximum Gasteiger partial charge on any atom is 0.336 e. The molecule has 0 bridgehead atoms. The van der Waals surface area contributed by atoms with Crippen LogP contribution < -0.4 is 4.72 Å². The summed E-state index contributed by atoms with van der Waals surface area (Å²) in [6.45, 7) is 1.77. The third-order valence-electron chi connectivity index (χ3n) is 2.63. The van der Waals surface area contributed by atoms with Gasteiger partial charge in [0, 0.05) is 9.61 Å². The molecule has 20 heavy (non-hydrogen) atoms. The summed E-state index contributed by atoms with van der Waals surface area (Å²) in [6.07, 6.45) is 0.537. The summed E-state index contributed by atoms with van der Waals surface area (Å²) >= 11 is 1.83. The lowest BCUT2D eigenvalue weighted by molar-refractivity contribution is 0.0695. The summed E-state index contributed by atoms with van der Waals surface area (Å²) in [4.78, 5) is 10.9. The van der Waals surface area contributed by atoms with Gasteiger partial charge in [0.15, 0.2) is 0 Å². The zero-order valence-corrected chi connectivity index (χ0v) is 13.6. The van der Waals surface area contributed by atoms with Crippen molar-refractivity contribution in [2.24, 2.45) is 0 Å². The van der Waals surface area contributed by atoms with Gasteiger partial charge in [0.2, 0.25) is 10.0 Å². The number of hydrogen-bond donors (Lipinski definition) is 2. The molecular formula is C12H13IN2O4S. The molecule has 0 spiro atoms. The Hall–Kier alpha value is -1.18. The van der Waals surface area contributed by atoms with Crippen molar-refractivity contribution in [1.82, 2.24) is 4.72 Å². The highest BCUT2D eigenvalue weighted by molar-refractivity contribution is 14.1. The number of nitrogens with one attached hydrogen (secondary N) is 1. The van der Waals surface area contributed by atoms with Crippen LogP contribution in [0.4, 0.5) is 0 Å². The molecule has 1 atom stereocenters. The minimum Gasteiger partial charge on any atom is -0.478 e. The van der Waals surface area contributed by atoms with E-state index in [0.29, 0.717) is 9.99 Å². The third-order valence-corrected chi connectivity index (χ3v) is 5.09. The number of rotatable bonds is 6. The van der Waals surface area contributed by atoms with Crippen molar-refractivity contribution in [3.05, 3.63) is 27.3 Å². The van der Waals surface area contributed by atoms with Crippen molar-refractivity contribution in [3.63, 3.8) is 0 Å². The predicted octanol–water partition coefficient (Wildman–Crippen LogP) is 1.96. The minimum atomic E-state index is -3.83. The number of hydrogen-bond acceptors (Lipinski definition) is 4. The highest BCUT2D eigenvalue weighted by Crippen LogP contribution is 2.18. The van der Waals surface area contributed by atoms with Crippen LogP contribution in [0.5, 0.6) is 0 Å². The van der Waals surface area contributed by atoms with Crippen molar-refractivity contribution < 1.29 is 18.3 Å². The molecule has 8 heteroatoms. The zero-order valence-electron chi connectivity index (χ0n) is 10.6. The van der Waals surface area contributed by atoms with Gasteiger partial charge >= 0.3 is 5.97 Å². The molecule has 1 aromatic rings. The Morgan fingerprint density at radius 2 is 2.20 bits per heavy atom. The third kappa shape index (κ3) is 4.16.